The molecule has 0 aliphatic carbocycles. The molecular formula is C43H26N4S. The Kier molecular flexibility index (Phi) is 6.01. The zero-order valence-electron chi connectivity index (χ0n) is 25.7. The molecule has 0 N–H and O–H groups in total. The number of hydrogen-bond donors (Lipinski definition) is 0. The summed E-state index contributed by atoms with van der Waals surface area (Å²) in [6, 6.07) is 55.4. The van der Waals surface area contributed by atoms with E-state index in [2.05, 4.69) is 126 Å². The van der Waals surface area contributed by atoms with Gasteiger partial charge in [0, 0.05) is 37.4 Å². The van der Waals surface area contributed by atoms with Crippen molar-refractivity contribution in [3.63, 3.8) is 0 Å². The van der Waals surface area contributed by atoms with Crippen LogP contribution in [0.5, 0.6) is 0 Å². The molecule has 5 heteroatoms. The summed E-state index contributed by atoms with van der Waals surface area (Å²) < 4.78 is 3.72. The molecule has 0 fully saturated rings. The summed E-state index contributed by atoms with van der Waals surface area (Å²) in [5.41, 5.74) is 7.56. The number of thiophene rings is 1. The number of hydrogen-bond acceptors (Lipinski definition) is 4. The van der Waals surface area contributed by atoms with Gasteiger partial charge in [0.05, 0.1) is 16.6 Å². The van der Waals surface area contributed by atoms with E-state index in [9.17, 15) is 0 Å². The van der Waals surface area contributed by atoms with Crippen LogP contribution in [-0.4, -0.2) is 19.4 Å². The Bertz CT molecular complexity index is 2760. The molecule has 4 nitrogen and oxygen atoms in total. The van der Waals surface area contributed by atoms with E-state index in [1.54, 1.807) is 0 Å². The molecular weight excluding hydrogens is 605 g/mol. The molecule has 4 aromatic heterocycles. The average molecular weight is 631 g/mol. The van der Waals surface area contributed by atoms with Gasteiger partial charge in [0.2, 0.25) is 0 Å². The maximum atomic E-state index is 5.23. The van der Waals surface area contributed by atoms with E-state index in [1.165, 1.54) is 42.2 Å². The van der Waals surface area contributed by atoms with E-state index in [-0.39, 0.29) is 0 Å². The van der Waals surface area contributed by atoms with E-state index < -0.39 is 0 Å². The highest BCUT2D eigenvalue weighted by molar-refractivity contribution is 7.25. The predicted molar refractivity (Wildman–Crippen MR) is 200 cm³/mol. The van der Waals surface area contributed by atoms with Crippen molar-refractivity contribution in [3.8, 4) is 45.3 Å². The smallest absolute Gasteiger partial charge is 0.166 e. The number of para-hydroxylation sites is 1. The summed E-state index contributed by atoms with van der Waals surface area (Å²) in [6.45, 7) is 0. The first-order valence-corrected chi connectivity index (χ1v) is 16.9. The second kappa shape index (κ2) is 10.7. The lowest BCUT2D eigenvalue weighted by molar-refractivity contribution is 1.08. The van der Waals surface area contributed by atoms with Crippen molar-refractivity contribution in [2.75, 3.05) is 0 Å². The molecule has 0 saturated heterocycles. The summed E-state index contributed by atoms with van der Waals surface area (Å²) in [4.78, 5) is 16.7. The highest BCUT2D eigenvalue weighted by Gasteiger charge is 2.24. The van der Waals surface area contributed by atoms with Crippen LogP contribution in [0.4, 0.5) is 0 Å². The van der Waals surface area contributed by atoms with Crippen LogP contribution >= 0.6 is 11.3 Å². The van der Waals surface area contributed by atoms with Gasteiger partial charge in [-0.1, -0.05) is 140 Å². The van der Waals surface area contributed by atoms with Crippen LogP contribution in [0.2, 0.25) is 0 Å². The summed E-state index contributed by atoms with van der Waals surface area (Å²) in [5, 5.41) is 6.04. The molecule has 0 amide bonds. The summed E-state index contributed by atoms with van der Waals surface area (Å²) in [6.07, 6.45) is 0. The maximum absolute atomic E-state index is 5.23. The van der Waals surface area contributed by atoms with Crippen molar-refractivity contribution in [1.29, 1.82) is 0 Å². The van der Waals surface area contributed by atoms with Gasteiger partial charge < -0.3 is 0 Å². The summed E-state index contributed by atoms with van der Waals surface area (Å²) >= 11 is 1.84. The predicted octanol–water partition coefficient (Wildman–Crippen LogP) is 11.5. The molecule has 0 saturated carbocycles. The molecule has 0 atom stereocenters. The topological polar surface area (TPSA) is 43.1 Å². The molecule has 10 aromatic rings. The fraction of sp³-hybridized carbons (Fsp3) is 0. The second-order valence-electron chi connectivity index (χ2n) is 12.0. The molecule has 0 aliphatic heterocycles. The van der Waals surface area contributed by atoms with Gasteiger partial charge in [-0.25, -0.2) is 15.0 Å². The number of aromatic nitrogens is 4. The Hall–Kier alpha value is -6.17. The van der Waals surface area contributed by atoms with Crippen LogP contribution in [0.15, 0.2) is 158 Å². The molecule has 0 bridgehead atoms. The van der Waals surface area contributed by atoms with E-state index in [1.807, 2.05) is 47.7 Å². The maximum Gasteiger partial charge on any atom is 0.166 e. The van der Waals surface area contributed by atoms with Crippen LogP contribution in [0.25, 0.3) is 92.8 Å². The Morgan fingerprint density at radius 2 is 0.979 bits per heavy atom. The number of nitrogens with zero attached hydrogens (tertiary/aromatic N) is 4. The monoisotopic (exact) mass is 630 g/mol. The molecule has 10 rings (SSSR count). The molecule has 0 unspecified atom stereocenters. The van der Waals surface area contributed by atoms with Gasteiger partial charge >= 0.3 is 0 Å². The van der Waals surface area contributed by atoms with Gasteiger partial charge in [-0.05, 0) is 34.7 Å². The minimum Gasteiger partial charge on any atom is -0.299 e. The number of pyridine rings is 1. The lowest BCUT2D eigenvalue weighted by Gasteiger charge is -2.12. The van der Waals surface area contributed by atoms with Crippen LogP contribution in [-0.2, 0) is 0 Å². The third-order valence-electron chi connectivity index (χ3n) is 9.23. The standard InChI is InChI=1S/C43H26N4S/c1-4-14-27(15-5-1)30-24-25-31-34(26-30)37-33-21-11-13-23-36(33)48-43(37)47-35-22-12-10-20-32(35)38(39(31)47)42-45-40(28-16-6-2-7-17-28)44-41(46-42)29-18-8-3-9-19-29/h1-26H. The number of fused-ring (bicyclic) bond motifs is 10. The van der Waals surface area contributed by atoms with Crippen LogP contribution < -0.4 is 0 Å². The van der Waals surface area contributed by atoms with Crippen molar-refractivity contribution in [1.82, 2.24) is 19.4 Å². The van der Waals surface area contributed by atoms with Crippen molar-refractivity contribution >= 4 is 58.8 Å². The van der Waals surface area contributed by atoms with Gasteiger partial charge in [0.1, 0.15) is 4.83 Å². The minimum atomic E-state index is 0.654. The van der Waals surface area contributed by atoms with Crippen LogP contribution in [0.1, 0.15) is 0 Å². The lowest BCUT2D eigenvalue weighted by Crippen LogP contribution is -2.00. The largest absolute Gasteiger partial charge is 0.299 e. The van der Waals surface area contributed by atoms with Crippen molar-refractivity contribution < 1.29 is 0 Å². The molecule has 0 spiro atoms. The van der Waals surface area contributed by atoms with Gasteiger partial charge in [0.15, 0.2) is 17.5 Å². The Morgan fingerprint density at radius 3 is 1.67 bits per heavy atom. The molecule has 0 aliphatic rings. The first kappa shape index (κ1) is 27.0. The van der Waals surface area contributed by atoms with Gasteiger partial charge in [0.25, 0.3) is 0 Å². The summed E-state index contributed by atoms with van der Waals surface area (Å²) in [7, 11) is 0. The fourth-order valence-electron chi connectivity index (χ4n) is 7.07. The zero-order valence-corrected chi connectivity index (χ0v) is 26.5. The van der Waals surface area contributed by atoms with Crippen LogP contribution in [0, 0.1) is 0 Å². The van der Waals surface area contributed by atoms with Gasteiger partial charge in [-0.2, -0.15) is 0 Å². The molecule has 4 heterocycles. The Morgan fingerprint density at radius 1 is 0.417 bits per heavy atom. The van der Waals surface area contributed by atoms with E-state index in [0.717, 1.165) is 33.1 Å². The highest BCUT2D eigenvalue weighted by atomic mass is 32.1. The van der Waals surface area contributed by atoms with Crippen LogP contribution in [0.3, 0.4) is 0 Å². The molecule has 48 heavy (non-hydrogen) atoms. The lowest BCUT2D eigenvalue weighted by atomic mass is 9.97. The Labute approximate surface area is 280 Å². The highest BCUT2D eigenvalue weighted by Crippen LogP contribution is 2.47. The van der Waals surface area contributed by atoms with Crippen molar-refractivity contribution in [3.05, 3.63) is 158 Å². The quantitative estimate of drug-likeness (QED) is 0.194. The molecule has 0 radical (unpaired) electrons. The number of rotatable bonds is 4. The van der Waals surface area contributed by atoms with Gasteiger partial charge in [-0.15, -0.1) is 11.3 Å². The van der Waals surface area contributed by atoms with Crippen molar-refractivity contribution in [2.45, 2.75) is 0 Å². The van der Waals surface area contributed by atoms with Gasteiger partial charge in [-0.3, -0.25) is 4.40 Å². The second-order valence-corrected chi connectivity index (χ2v) is 13.0. The third-order valence-corrected chi connectivity index (χ3v) is 10.4. The minimum absolute atomic E-state index is 0.654. The molecule has 6 aromatic carbocycles. The first-order chi connectivity index (χ1) is 23.8. The van der Waals surface area contributed by atoms with E-state index in [0.29, 0.717) is 17.5 Å². The average Bonchev–Trinajstić information content (AvgIpc) is 3.72. The normalized spacial score (nSPS) is 11.8. The SMILES string of the molecule is c1ccc(-c2ccc3c(c2)c2c4ccccc4sc2n2c4ccccc4c(-c4nc(-c5ccccc5)nc(-c5ccccc5)n4)c32)cc1. The van der Waals surface area contributed by atoms with E-state index in [4.69, 9.17) is 15.0 Å². The third kappa shape index (κ3) is 4.11. The first-order valence-electron chi connectivity index (χ1n) is 16.0. The fourth-order valence-corrected chi connectivity index (χ4v) is 8.31. The van der Waals surface area contributed by atoms with E-state index >= 15 is 0 Å². The van der Waals surface area contributed by atoms with Crippen molar-refractivity contribution in [2.24, 2.45) is 0 Å². The number of benzene rings is 6. The molecule has 224 valence electrons. The summed E-state index contributed by atoms with van der Waals surface area (Å²) in [5.74, 6) is 1.97. The Balaban J connectivity index is 1.39. The zero-order chi connectivity index (χ0) is 31.6.